The Morgan fingerprint density at radius 2 is 1.26 bits per heavy atom. The molecule has 1 atom stereocenters. The first-order valence-electron chi connectivity index (χ1n) is 11.4. The molecule has 148 valence electrons. The standard InChI is InChI=1S/C26H40N/c1-4-7-9-12-16-23-20-24(17-13-10-8-5-2)22-27(21-23)26(6-3)25-18-14-11-15-19-25/h11,14-15,18-22,26H,4-10,12-13,16-17H2,1-3H3/q+1. The Bertz CT molecular complexity index is 602. The van der Waals surface area contributed by atoms with Gasteiger partial charge in [0.15, 0.2) is 18.4 Å². The molecule has 1 aromatic carbocycles. The smallest absolute Gasteiger partial charge is 0.183 e. The number of unbranched alkanes of at least 4 members (excludes halogenated alkanes) is 6. The second-order valence-electron chi connectivity index (χ2n) is 7.96. The predicted octanol–water partition coefficient (Wildman–Crippen LogP) is 7.22. The summed E-state index contributed by atoms with van der Waals surface area (Å²) in [5.74, 6) is 0. The van der Waals surface area contributed by atoms with Gasteiger partial charge in [0.1, 0.15) is 0 Å². The van der Waals surface area contributed by atoms with Crippen LogP contribution in [0.1, 0.15) is 101 Å². The van der Waals surface area contributed by atoms with Crippen molar-refractivity contribution in [3.8, 4) is 0 Å². The van der Waals surface area contributed by atoms with E-state index in [4.69, 9.17) is 0 Å². The molecule has 0 fully saturated rings. The molecule has 0 saturated heterocycles. The average molecular weight is 367 g/mol. The first kappa shape index (κ1) is 21.7. The third-order valence-electron chi connectivity index (χ3n) is 5.57. The van der Waals surface area contributed by atoms with Gasteiger partial charge in [-0.3, -0.25) is 0 Å². The number of hydrogen-bond donors (Lipinski definition) is 0. The second-order valence-corrected chi connectivity index (χ2v) is 7.96. The molecule has 0 N–H and O–H groups in total. The Kier molecular flexibility index (Phi) is 10.2. The molecule has 27 heavy (non-hydrogen) atoms. The molecule has 0 aliphatic heterocycles. The molecule has 0 radical (unpaired) electrons. The summed E-state index contributed by atoms with van der Waals surface area (Å²) in [6.07, 6.45) is 19.1. The lowest BCUT2D eigenvalue weighted by Crippen LogP contribution is -2.40. The van der Waals surface area contributed by atoms with Crippen LogP contribution in [0.2, 0.25) is 0 Å². The van der Waals surface area contributed by atoms with Gasteiger partial charge in [-0.15, -0.1) is 0 Å². The van der Waals surface area contributed by atoms with E-state index in [1.807, 2.05) is 0 Å². The number of nitrogens with zero attached hydrogens (tertiary/aromatic N) is 1. The average Bonchev–Trinajstić information content (AvgIpc) is 2.70. The Hall–Kier alpha value is -1.63. The minimum Gasteiger partial charge on any atom is -0.198 e. The Labute approximate surface area is 167 Å². The van der Waals surface area contributed by atoms with Gasteiger partial charge in [0.25, 0.3) is 0 Å². The van der Waals surface area contributed by atoms with Gasteiger partial charge >= 0.3 is 0 Å². The largest absolute Gasteiger partial charge is 0.198 e. The summed E-state index contributed by atoms with van der Waals surface area (Å²) in [6, 6.07) is 13.9. The maximum Gasteiger partial charge on any atom is 0.183 e. The number of benzene rings is 1. The van der Waals surface area contributed by atoms with Crippen LogP contribution in [-0.2, 0) is 12.8 Å². The Morgan fingerprint density at radius 3 is 1.74 bits per heavy atom. The predicted molar refractivity (Wildman–Crippen MR) is 117 cm³/mol. The van der Waals surface area contributed by atoms with E-state index in [0.29, 0.717) is 6.04 Å². The summed E-state index contributed by atoms with van der Waals surface area (Å²) in [7, 11) is 0. The third kappa shape index (κ3) is 7.48. The molecule has 0 bridgehead atoms. The number of pyridine rings is 1. The van der Waals surface area contributed by atoms with Gasteiger partial charge in [0.2, 0.25) is 0 Å². The summed E-state index contributed by atoms with van der Waals surface area (Å²) < 4.78 is 2.50. The van der Waals surface area contributed by atoms with E-state index in [-0.39, 0.29) is 0 Å². The first-order valence-corrected chi connectivity index (χ1v) is 11.4. The molecule has 1 heteroatoms. The van der Waals surface area contributed by atoms with Gasteiger partial charge in [-0.2, -0.15) is 4.57 Å². The minimum absolute atomic E-state index is 0.441. The molecule has 1 nitrogen and oxygen atoms in total. The zero-order valence-corrected chi connectivity index (χ0v) is 17.9. The summed E-state index contributed by atoms with van der Waals surface area (Å²) in [5.41, 5.74) is 4.46. The van der Waals surface area contributed by atoms with Crippen molar-refractivity contribution in [2.24, 2.45) is 0 Å². The van der Waals surface area contributed by atoms with Crippen molar-refractivity contribution in [2.45, 2.75) is 97.4 Å². The highest BCUT2D eigenvalue weighted by atomic mass is 15.0. The fourth-order valence-electron chi connectivity index (χ4n) is 3.99. The van der Waals surface area contributed by atoms with Gasteiger partial charge in [-0.05, 0) is 31.7 Å². The molecular formula is C26H40N+. The number of aryl methyl sites for hydroxylation is 2. The van der Waals surface area contributed by atoms with Crippen molar-refractivity contribution in [1.29, 1.82) is 0 Å². The van der Waals surface area contributed by atoms with Crippen LogP contribution in [0.4, 0.5) is 0 Å². The lowest BCUT2D eigenvalue weighted by Gasteiger charge is -2.14. The van der Waals surface area contributed by atoms with Gasteiger partial charge in [-0.25, -0.2) is 0 Å². The van der Waals surface area contributed by atoms with E-state index in [1.54, 1.807) is 0 Å². The molecule has 0 aliphatic rings. The number of rotatable bonds is 13. The van der Waals surface area contributed by atoms with Crippen molar-refractivity contribution < 1.29 is 4.57 Å². The highest BCUT2D eigenvalue weighted by Crippen LogP contribution is 2.18. The monoisotopic (exact) mass is 366 g/mol. The van der Waals surface area contributed by atoms with Crippen molar-refractivity contribution in [3.63, 3.8) is 0 Å². The summed E-state index contributed by atoms with van der Waals surface area (Å²) in [5, 5.41) is 0. The maximum atomic E-state index is 2.50. The lowest BCUT2D eigenvalue weighted by molar-refractivity contribution is -0.714. The van der Waals surface area contributed by atoms with Crippen molar-refractivity contribution in [2.75, 3.05) is 0 Å². The quantitative estimate of drug-likeness (QED) is 0.260. The highest BCUT2D eigenvalue weighted by molar-refractivity contribution is 5.19. The molecular weight excluding hydrogens is 326 g/mol. The third-order valence-corrected chi connectivity index (χ3v) is 5.57. The van der Waals surface area contributed by atoms with Crippen molar-refractivity contribution in [3.05, 3.63) is 65.5 Å². The molecule has 1 aromatic heterocycles. The fraction of sp³-hybridized carbons (Fsp3) is 0.577. The van der Waals surface area contributed by atoms with E-state index in [0.717, 1.165) is 6.42 Å². The van der Waals surface area contributed by atoms with Crippen LogP contribution in [0.3, 0.4) is 0 Å². The first-order chi connectivity index (χ1) is 13.3. The van der Waals surface area contributed by atoms with E-state index < -0.39 is 0 Å². The zero-order valence-electron chi connectivity index (χ0n) is 17.9. The second kappa shape index (κ2) is 12.7. The van der Waals surface area contributed by atoms with Crippen molar-refractivity contribution >= 4 is 0 Å². The van der Waals surface area contributed by atoms with E-state index in [1.165, 1.54) is 80.9 Å². The van der Waals surface area contributed by atoms with E-state index in [9.17, 15) is 0 Å². The van der Waals surface area contributed by atoms with Crippen LogP contribution in [0.25, 0.3) is 0 Å². The normalized spacial score (nSPS) is 12.3. The van der Waals surface area contributed by atoms with Crippen LogP contribution in [0.5, 0.6) is 0 Å². The van der Waals surface area contributed by atoms with Gasteiger partial charge in [-0.1, -0.05) is 89.6 Å². The summed E-state index contributed by atoms with van der Waals surface area (Å²) >= 11 is 0. The van der Waals surface area contributed by atoms with Crippen LogP contribution < -0.4 is 4.57 Å². The topological polar surface area (TPSA) is 3.88 Å². The van der Waals surface area contributed by atoms with Crippen LogP contribution in [-0.4, -0.2) is 0 Å². The number of aromatic nitrogens is 1. The van der Waals surface area contributed by atoms with Crippen molar-refractivity contribution in [1.82, 2.24) is 0 Å². The van der Waals surface area contributed by atoms with Crippen LogP contribution >= 0.6 is 0 Å². The Balaban J connectivity index is 2.19. The molecule has 2 aromatic rings. The van der Waals surface area contributed by atoms with E-state index in [2.05, 4.69) is 74.1 Å². The molecule has 0 saturated carbocycles. The fourth-order valence-corrected chi connectivity index (χ4v) is 3.99. The Morgan fingerprint density at radius 1 is 0.704 bits per heavy atom. The zero-order chi connectivity index (χ0) is 19.3. The molecule has 1 heterocycles. The van der Waals surface area contributed by atoms with Crippen LogP contribution in [0, 0.1) is 0 Å². The molecule has 0 aliphatic carbocycles. The molecule has 1 unspecified atom stereocenters. The molecule has 2 rings (SSSR count). The van der Waals surface area contributed by atoms with Gasteiger partial charge < -0.3 is 0 Å². The summed E-state index contributed by atoms with van der Waals surface area (Å²) in [4.78, 5) is 0. The van der Waals surface area contributed by atoms with Gasteiger partial charge in [0.05, 0.1) is 0 Å². The van der Waals surface area contributed by atoms with Crippen LogP contribution in [0.15, 0.2) is 48.8 Å². The SMILES string of the molecule is CCCCCCc1cc(CCCCCC)c[n+](C(CC)c2ccccc2)c1. The number of hydrogen-bond acceptors (Lipinski definition) is 0. The van der Waals surface area contributed by atoms with Gasteiger partial charge in [0, 0.05) is 23.1 Å². The molecule has 0 spiro atoms. The summed E-state index contributed by atoms with van der Waals surface area (Å²) in [6.45, 7) is 6.88. The highest BCUT2D eigenvalue weighted by Gasteiger charge is 2.20. The lowest BCUT2D eigenvalue weighted by atomic mass is 10.0. The van der Waals surface area contributed by atoms with E-state index >= 15 is 0 Å². The molecule has 0 amide bonds. The minimum atomic E-state index is 0.441. The maximum absolute atomic E-state index is 2.50.